The number of aromatic amines is 2. The highest BCUT2D eigenvalue weighted by Crippen LogP contribution is 2.17. The van der Waals surface area contributed by atoms with Gasteiger partial charge in [-0.3, -0.25) is 15.0 Å². The monoisotopic (exact) mass is 287 g/mol. The highest BCUT2D eigenvalue weighted by atomic mass is 32.1. The lowest BCUT2D eigenvalue weighted by Crippen LogP contribution is -2.13. The number of H-pyrrole nitrogens is 2. The molecular formula is C13H13N5OS. The van der Waals surface area contributed by atoms with E-state index in [1.807, 2.05) is 38.2 Å². The van der Waals surface area contributed by atoms with Gasteiger partial charge in [-0.15, -0.1) is 0 Å². The molecule has 0 bridgehead atoms. The lowest BCUT2D eigenvalue weighted by atomic mass is 10.2. The van der Waals surface area contributed by atoms with Crippen LogP contribution in [0.25, 0.3) is 17.1 Å². The summed E-state index contributed by atoms with van der Waals surface area (Å²) in [6.45, 7) is 1.85. The first-order valence-corrected chi connectivity index (χ1v) is 6.48. The number of nitrogens with zero attached hydrogens (tertiary/aromatic N) is 3. The van der Waals surface area contributed by atoms with Gasteiger partial charge in [0.1, 0.15) is 0 Å². The van der Waals surface area contributed by atoms with Crippen LogP contribution >= 0.6 is 12.2 Å². The smallest absolute Gasteiger partial charge is 0.271 e. The van der Waals surface area contributed by atoms with E-state index in [-0.39, 0.29) is 5.56 Å². The standard InChI is InChI=1S/C13H13N5OS/c1-8-7-11(19)18(16-8)10-5-3-9(4-6-10)12-14-15-13(20)17(12)2/h3-7,16H,1-2H3,(H,15,20). The van der Waals surface area contributed by atoms with Gasteiger partial charge in [0, 0.05) is 24.4 Å². The summed E-state index contributed by atoms with van der Waals surface area (Å²) in [4.78, 5) is 11.7. The Balaban J connectivity index is 2.04. The number of rotatable bonds is 2. The predicted octanol–water partition coefficient (Wildman–Crippen LogP) is 1.93. The summed E-state index contributed by atoms with van der Waals surface area (Å²) >= 11 is 5.09. The van der Waals surface area contributed by atoms with Gasteiger partial charge in [0.25, 0.3) is 5.56 Å². The number of aryl methyl sites for hydroxylation is 1. The minimum absolute atomic E-state index is 0.0755. The zero-order chi connectivity index (χ0) is 14.3. The molecule has 0 saturated heterocycles. The van der Waals surface area contributed by atoms with Crippen molar-refractivity contribution in [3.63, 3.8) is 0 Å². The van der Waals surface area contributed by atoms with Crippen molar-refractivity contribution in [2.75, 3.05) is 0 Å². The minimum atomic E-state index is -0.0755. The van der Waals surface area contributed by atoms with Crippen LogP contribution < -0.4 is 5.56 Å². The van der Waals surface area contributed by atoms with Crippen molar-refractivity contribution in [3.05, 3.63) is 51.2 Å². The highest BCUT2D eigenvalue weighted by Gasteiger charge is 2.07. The first kappa shape index (κ1) is 12.6. The molecule has 20 heavy (non-hydrogen) atoms. The van der Waals surface area contributed by atoms with E-state index >= 15 is 0 Å². The maximum Gasteiger partial charge on any atom is 0.271 e. The first-order chi connectivity index (χ1) is 9.56. The van der Waals surface area contributed by atoms with Gasteiger partial charge >= 0.3 is 0 Å². The fraction of sp³-hybridized carbons (Fsp3) is 0.154. The summed E-state index contributed by atoms with van der Waals surface area (Å²) in [5.74, 6) is 0.761. The van der Waals surface area contributed by atoms with Crippen molar-refractivity contribution in [3.8, 4) is 17.1 Å². The Morgan fingerprint density at radius 2 is 1.95 bits per heavy atom. The maximum atomic E-state index is 11.7. The number of nitrogens with one attached hydrogen (secondary N) is 2. The summed E-state index contributed by atoms with van der Waals surface area (Å²) in [5, 5.41) is 9.92. The molecule has 0 aliphatic heterocycles. The van der Waals surface area contributed by atoms with Crippen LogP contribution in [0.1, 0.15) is 5.69 Å². The molecular weight excluding hydrogens is 274 g/mol. The van der Waals surface area contributed by atoms with Crippen molar-refractivity contribution in [1.82, 2.24) is 24.5 Å². The largest absolute Gasteiger partial charge is 0.303 e. The Labute approximate surface area is 119 Å². The summed E-state index contributed by atoms with van der Waals surface area (Å²) in [6.07, 6.45) is 0. The van der Waals surface area contributed by atoms with Gasteiger partial charge < -0.3 is 4.57 Å². The molecule has 1 aromatic carbocycles. The van der Waals surface area contributed by atoms with Crippen LogP contribution in [0.4, 0.5) is 0 Å². The Morgan fingerprint density at radius 1 is 1.25 bits per heavy atom. The Hall–Kier alpha value is -2.41. The Kier molecular flexibility index (Phi) is 2.90. The lowest BCUT2D eigenvalue weighted by molar-refractivity contribution is 0.835. The molecule has 2 N–H and O–H groups in total. The molecule has 0 fully saturated rings. The van der Waals surface area contributed by atoms with Gasteiger partial charge in [0.05, 0.1) is 5.69 Å². The quantitative estimate of drug-likeness (QED) is 0.707. The van der Waals surface area contributed by atoms with Crippen LogP contribution in [0, 0.1) is 11.7 Å². The summed E-state index contributed by atoms with van der Waals surface area (Å²) < 4.78 is 3.87. The predicted molar refractivity (Wildman–Crippen MR) is 78.5 cm³/mol. The fourth-order valence-electron chi connectivity index (χ4n) is 2.07. The molecule has 3 rings (SSSR count). The Morgan fingerprint density at radius 3 is 2.45 bits per heavy atom. The average Bonchev–Trinajstić information content (AvgIpc) is 2.94. The van der Waals surface area contributed by atoms with E-state index < -0.39 is 0 Å². The van der Waals surface area contributed by atoms with Crippen LogP contribution in [0.3, 0.4) is 0 Å². The van der Waals surface area contributed by atoms with Crippen molar-refractivity contribution in [2.45, 2.75) is 6.92 Å². The fourth-order valence-corrected chi connectivity index (χ4v) is 2.20. The number of aromatic nitrogens is 5. The maximum absolute atomic E-state index is 11.7. The van der Waals surface area contributed by atoms with E-state index in [4.69, 9.17) is 12.2 Å². The topological polar surface area (TPSA) is 71.4 Å². The zero-order valence-corrected chi connectivity index (χ0v) is 11.9. The normalized spacial score (nSPS) is 10.9. The van der Waals surface area contributed by atoms with E-state index in [0.717, 1.165) is 22.8 Å². The third-order valence-corrected chi connectivity index (χ3v) is 3.48. The molecule has 7 heteroatoms. The first-order valence-electron chi connectivity index (χ1n) is 6.07. The second kappa shape index (κ2) is 4.61. The van der Waals surface area contributed by atoms with Gasteiger partial charge in [0.15, 0.2) is 10.6 Å². The third kappa shape index (κ3) is 2.01. The van der Waals surface area contributed by atoms with Crippen molar-refractivity contribution in [1.29, 1.82) is 0 Å². The molecule has 6 nitrogen and oxygen atoms in total. The zero-order valence-electron chi connectivity index (χ0n) is 11.0. The lowest BCUT2D eigenvalue weighted by Gasteiger charge is -2.04. The van der Waals surface area contributed by atoms with E-state index in [2.05, 4.69) is 15.3 Å². The molecule has 102 valence electrons. The van der Waals surface area contributed by atoms with Crippen molar-refractivity contribution in [2.24, 2.45) is 7.05 Å². The molecule has 0 aliphatic carbocycles. The summed E-state index contributed by atoms with van der Waals surface area (Å²) in [5.41, 5.74) is 2.46. The van der Waals surface area contributed by atoms with Gasteiger partial charge in [-0.05, 0) is 43.4 Å². The average molecular weight is 287 g/mol. The van der Waals surface area contributed by atoms with Crippen LogP contribution in [0.15, 0.2) is 35.1 Å². The van der Waals surface area contributed by atoms with Crippen LogP contribution in [0.5, 0.6) is 0 Å². The molecule has 0 amide bonds. The van der Waals surface area contributed by atoms with Crippen LogP contribution in [-0.4, -0.2) is 24.5 Å². The second-order valence-electron chi connectivity index (χ2n) is 4.57. The molecule has 0 atom stereocenters. The molecule has 0 radical (unpaired) electrons. The third-order valence-electron chi connectivity index (χ3n) is 3.11. The second-order valence-corrected chi connectivity index (χ2v) is 4.96. The summed E-state index contributed by atoms with van der Waals surface area (Å²) in [6, 6.07) is 9.10. The molecule has 2 aromatic heterocycles. The van der Waals surface area contributed by atoms with Crippen molar-refractivity contribution < 1.29 is 0 Å². The number of benzene rings is 1. The Bertz CT molecular complexity index is 865. The molecule has 2 heterocycles. The van der Waals surface area contributed by atoms with Crippen LogP contribution in [0.2, 0.25) is 0 Å². The number of hydrogen-bond donors (Lipinski definition) is 2. The molecule has 3 aromatic rings. The molecule has 0 saturated carbocycles. The molecule has 0 aliphatic rings. The highest BCUT2D eigenvalue weighted by molar-refractivity contribution is 7.71. The minimum Gasteiger partial charge on any atom is -0.303 e. The van der Waals surface area contributed by atoms with E-state index in [1.165, 1.54) is 4.68 Å². The molecule has 0 unspecified atom stereocenters. The van der Waals surface area contributed by atoms with Gasteiger partial charge in [-0.25, -0.2) is 4.68 Å². The van der Waals surface area contributed by atoms with Gasteiger partial charge in [-0.2, -0.15) is 5.10 Å². The van der Waals surface area contributed by atoms with E-state index in [1.54, 1.807) is 10.6 Å². The number of hydrogen-bond acceptors (Lipinski definition) is 3. The van der Waals surface area contributed by atoms with Gasteiger partial charge in [-0.1, -0.05) is 0 Å². The van der Waals surface area contributed by atoms with E-state index in [9.17, 15) is 4.79 Å². The van der Waals surface area contributed by atoms with Crippen molar-refractivity contribution >= 4 is 12.2 Å². The van der Waals surface area contributed by atoms with Gasteiger partial charge in [0.2, 0.25) is 0 Å². The summed E-state index contributed by atoms with van der Waals surface area (Å²) in [7, 11) is 1.86. The van der Waals surface area contributed by atoms with Crippen LogP contribution in [-0.2, 0) is 7.05 Å². The van der Waals surface area contributed by atoms with E-state index in [0.29, 0.717) is 4.77 Å². The molecule has 0 spiro atoms. The SMILES string of the molecule is Cc1cc(=O)n(-c2ccc(-c3n[nH]c(=S)n3C)cc2)[nH]1.